The van der Waals surface area contributed by atoms with Crippen LogP contribution in [0.5, 0.6) is 17.2 Å². The predicted molar refractivity (Wildman–Crippen MR) is 152 cm³/mol. The smallest absolute Gasteiger partial charge is 0.250 e. The van der Waals surface area contributed by atoms with E-state index < -0.39 is 0 Å². The van der Waals surface area contributed by atoms with Gasteiger partial charge in [-0.25, -0.2) is 5.43 Å². The highest BCUT2D eigenvalue weighted by Gasteiger charge is 2.21. The summed E-state index contributed by atoms with van der Waals surface area (Å²) in [5.41, 5.74) is 5.02. The third kappa shape index (κ3) is 6.41. The van der Waals surface area contributed by atoms with Gasteiger partial charge >= 0.3 is 0 Å². The van der Waals surface area contributed by atoms with E-state index in [0.717, 1.165) is 14.8 Å². The number of para-hydroxylation sites is 1. The van der Waals surface area contributed by atoms with Gasteiger partial charge in [-0.15, -0.1) is 10.2 Å². The number of nitrogens with one attached hydrogen (secondary N) is 1. The molecule has 4 aromatic rings. The maximum atomic E-state index is 12.5. The van der Waals surface area contributed by atoms with E-state index in [-0.39, 0.29) is 11.7 Å². The fraction of sp³-hybridized carbons (Fsp3) is 0.154. The summed E-state index contributed by atoms with van der Waals surface area (Å²) in [6.07, 6.45) is 1.61. The fourth-order valence-electron chi connectivity index (χ4n) is 3.50. The molecule has 0 bridgehead atoms. The van der Waals surface area contributed by atoms with Gasteiger partial charge in [0.15, 0.2) is 22.5 Å². The number of carbonyl (C=O) groups excluding carboxylic acids is 1. The number of nitrogens with zero attached hydrogens (tertiary/aromatic N) is 4. The Hall–Kier alpha value is -3.58. The number of ether oxygens (including phenoxy) is 3. The van der Waals surface area contributed by atoms with E-state index in [1.54, 1.807) is 27.5 Å². The number of thioether (sulfide) groups is 1. The van der Waals surface area contributed by atoms with Gasteiger partial charge < -0.3 is 14.2 Å². The van der Waals surface area contributed by atoms with Gasteiger partial charge in [-0.3, -0.25) is 9.36 Å². The number of hydrazone groups is 1. The van der Waals surface area contributed by atoms with E-state index in [0.29, 0.717) is 33.8 Å². The molecule has 1 N–H and O–H groups in total. The Morgan fingerprint density at radius 1 is 1.00 bits per heavy atom. The van der Waals surface area contributed by atoms with Gasteiger partial charge in [-0.1, -0.05) is 42.1 Å². The Labute approximate surface area is 232 Å². The van der Waals surface area contributed by atoms with Gasteiger partial charge in [-0.05, 0) is 64.6 Å². The Balaban J connectivity index is 1.59. The minimum atomic E-state index is -0.260. The summed E-state index contributed by atoms with van der Waals surface area (Å²) in [6.45, 7) is 0. The van der Waals surface area contributed by atoms with Crippen LogP contribution in [0.4, 0.5) is 0 Å². The highest BCUT2D eigenvalue weighted by molar-refractivity contribution is 14.1. The molecule has 37 heavy (non-hydrogen) atoms. The van der Waals surface area contributed by atoms with E-state index in [4.69, 9.17) is 14.2 Å². The molecular formula is C26H24IN5O4S. The lowest BCUT2D eigenvalue weighted by atomic mass is 10.1. The van der Waals surface area contributed by atoms with Gasteiger partial charge in [0.05, 0.1) is 33.3 Å². The molecule has 3 aromatic carbocycles. The average Bonchev–Trinajstić information content (AvgIpc) is 3.35. The molecule has 0 radical (unpaired) electrons. The summed E-state index contributed by atoms with van der Waals surface area (Å²) in [7, 11) is 4.67. The molecule has 11 heteroatoms. The second-order valence-electron chi connectivity index (χ2n) is 7.53. The molecule has 0 atom stereocenters. The van der Waals surface area contributed by atoms with Crippen LogP contribution in [-0.2, 0) is 4.79 Å². The zero-order chi connectivity index (χ0) is 26.2. The lowest BCUT2D eigenvalue weighted by Crippen LogP contribution is -2.20. The van der Waals surface area contributed by atoms with Crippen LogP contribution in [0.2, 0.25) is 0 Å². The molecule has 0 fully saturated rings. The monoisotopic (exact) mass is 629 g/mol. The van der Waals surface area contributed by atoms with Gasteiger partial charge in [0, 0.05) is 14.8 Å². The van der Waals surface area contributed by atoms with Crippen LogP contribution in [0.15, 0.2) is 77.0 Å². The molecule has 1 aromatic heterocycles. The Morgan fingerprint density at radius 3 is 2.38 bits per heavy atom. The molecule has 1 amide bonds. The summed E-state index contributed by atoms with van der Waals surface area (Å²) in [4.78, 5) is 12.5. The Bertz CT molecular complexity index is 1390. The van der Waals surface area contributed by atoms with Crippen molar-refractivity contribution in [2.75, 3.05) is 27.1 Å². The lowest BCUT2D eigenvalue weighted by molar-refractivity contribution is -0.118. The van der Waals surface area contributed by atoms with Crippen LogP contribution >= 0.6 is 34.4 Å². The van der Waals surface area contributed by atoms with Crippen LogP contribution in [0.3, 0.4) is 0 Å². The zero-order valence-corrected chi connectivity index (χ0v) is 23.3. The number of aromatic nitrogens is 3. The van der Waals surface area contributed by atoms with Crippen LogP contribution in [0.25, 0.3) is 17.1 Å². The molecular weight excluding hydrogens is 605 g/mol. The number of benzene rings is 3. The summed E-state index contributed by atoms with van der Waals surface area (Å²) >= 11 is 3.48. The van der Waals surface area contributed by atoms with Crippen LogP contribution in [-0.4, -0.2) is 54.0 Å². The second-order valence-corrected chi connectivity index (χ2v) is 9.72. The van der Waals surface area contributed by atoms with Crippen LogP contribution < -0.4 is 19.6 Å². The van der Waals surface area contributed by atoms with Gasteiger partial charge in [0.25, 0.3) is 5.91 Å². The standard InChI is InChI=1S/C26H24IN5O4S/c1-34-21-13-18(14-22(35-2)24(21)36-3)25-30-31-26(32(25)20-10-5-4-6-11-20)37-16-23(33)29-28-15-17-8-7-9-19(27)12-17/h4-15H,16H2,1-3H3,(H,29,33)/b28-15-. The fourth-order valence-corrected chi connectivity index (χ4v) is 4.81. The average molecular weight is 629 g/mol. The van der Waals surface area contributed by atoms with Crippen molar-refractivity contribution in [1.29, 1.82) is 0 Å². The van der Waals surface area contributed by atoms with E-state index in [1.165, 1.54) is 11.8 Å². The molecule has 0 saturated carbocycles. The highest BCUT2D eigenvalue weighted by atomic mass is 127. The summed E-state index contributed by atoms with van der Waals surface area (Å²) in [5.74, 6) is 1.88. The molecule has 190 valence electrons. The maximum absolute atomic E-state index is 12.5. The van der Waals surface area contributed by atoms with E-state index in [1.807, 2.05) is 71.3 Å². The first kappa shape index (κ1) is 26.5. The number of amides is 1. The number of halogens is 1. The summed E-state index contributed by atoms with van der Waals surface area (Å²) in [5, 5.41) is 13.4. The third-order valence-electron chi connectivity index (χ3n) is 5.15. The van der Waals surface area contributed by atoms with Gasteiger partial charge in [-0.2, -0.15) is 5.10 Å². The lowest BCUT2D eigenvalue weighted by Gasteiger charge is -2.15. The minimum Gasteiger partial charge on any atom is -0.493 e. The summed E-state index contributed by atoms with van der Waals surface area (Å²) < 4.78 is 19.4. The molecule has 0 spiro atoms. The first-order chi connectivity index (χ1) is 18.0. The summed E-state index contributed by atoms with van der Waals surface area (Å²) in [6, 6.07) is 21.1. The van der Waals surface area contributed by atoms with E-state index in [9.17, 15) is 4.79 Å². The SMILES string of the molecule is COc1cc(-c2nnc(SCC(=O)N/N=C\c3cccc(I)c3)n2-c2ccccc2)cc(OC)c1OC. The van der Waals surface area contributed by atoms with E-state index >= 15 is 0 Å². The van der Waals surface area contributed by atoms with Crippen molar-refractivity contribution in [2.24, 2.45) is 5.10 Å². The van der Waals surface area contributed by atoms with Gasteiger partial charge in [0.1, 0.15) is 0 Å². The van der Waals surface area contributed by atoms with Crippen molar-refractivity contribution in [3.8, 4) is 34.3 Å². The van der Waals surface area contributed by atoms with E-state index in [2.05, 4.69) is 43.3 Å². The number of hydrogen-bond donors (Lipinski definition) is 1. The van der Waals surface area contributed by atoms with Crippen molar-refractivity contribution < 1.29 is 19.0 Å². The molecule has 0 aliphatic rings. The molecule has 0 saturated heterocycles. The number of hydrogen-bond acceptors (Lipinski definition) is 8. The van der Waals surface area contributed by atoms with Crippen molar-refractivity contribution in [2.45, 2.75) is 5.16 Å². The molecule has 4 rings (SSSR count). The largest absolute Gasteiger partial charge is 0.493 e. The third-order valence-corrected chi connectivity index (χ3v) is 6.75. The Kier molecular flexibility index (Phi) is 9.01. The molecule has 1 heterocycles. The number of carbonyl (C=O) groups is 1. The molecule has 9 nitrogen and oxygen atoms in total. The molecule has 0 aliphatic carbocycles. The number of methoxy groups -OCH3 is 3. The molecule has 0 unspecified atom stereocenters. The van der Waals surface area contributed by atoms with Crippen LogP contribution in [0, 0.1) is 3.57 Å². The van der Waals surface area contributed by atoms with Crippen LogP contribution in [0.1, 0.15) is 5.56 Å². The normalized spacial score (nSPS) is 10.9. The topological polar surface area (TPSA) is 99.9 Å². The molecule has 0 aliphatic heterocycles. The quantitative estimate of drug-likeness (QED) is 0.116. The zero-order valence-electron chi connectivity index (χ0n) is 20.3. The van der Waals surface area contributed by atoms with Crippen molar-refractivity contribution >= 4 is 46.5 Å². The Morgan fingerprint density at radius 2 is 1.73 bits per heavy atom. The first-order valence-electron chi connectivity index (χ1n) is 11.1. The van der Waals surface area contributed by atoms with Crippen molar-refractivity contribution in [3.05, 3.63) is 75.9 Å². The predicted octanol–water partition coefficient (Wildman–Crippen LogP) is 4.81. The number of rotatable bonds is 10. The van der Waals surface area contributed by atoms with Crippen molar-refractivity contribution in [3.63, 3.8) is 0 Å². The second kappa shape index (κ2) is 12.6. The minimum absolute atomic E-state index is 0.101. The maximum Gasteiger partial charge on any atom is 0.250 e. The first-order valence-corrected chi connectivity index (χ1v) is 13.1. The van der Waals surface area contributed by atoms with Gasteiger partial charge in [0.2, 0.25) is 5.75 Å². The van der Waals surface area contributed by atoms with Crippen molar-refractivity contribution in [1.82, 2.24) is 20.2 Å². The highest BCUT2D eigenvalue weighted by Crippen LogP contribution is 2.41.